The van der Waals surface area contributed by atoms with Gasteiger partial charge < -0.3 is 9.64 Å². The summed E-state index contributed by atoms with van der Waals surface area (Å²) in [5, 5.41) is 17.4. The van der Waals surface area contributed by atoms with Gasteiger partial charge >= 0.3 is 0 Å². The molecule has 0 amide bonds. The van der Waals surface area contributed by atoms with Crippen LogP contribution in [0.5, 0.6) is 0 Å². The number of benzene rings is 3. The van der Waals surface area contributed by atoms with E-state index in [2.05, 4.69) is 44.4 Å². The minimum atomic E-state index is 0.779. The Kier molecular flexibility index (Phi) is 6.25. The molecule has 1 heterocycles. The van der Waals surface area contributed by atoms with Crippen molar-refractivity contribution in [3.63, 3.8) is 0 Å². The molecule has 30 heavy (non-hydrogen) atoms. The third kappa shape index (κ3) is 5.15. The van der Waals surface area contributed by atoms with E-state index >= 15 is 0 Å². The number of hydrogen-bond donors (Lipinski definition) is 0. The maximum atomic E-state index is 5.40. The van der Waals surface area contributed by atoms with Crippen molar-refractivity contribution in [1.82, 2.24) is 0 Å². The molecule has 0 aromatic heterocycles. The SMILES string of the molecule is Cc1ccc(N=Nc2ccc(N=Nc3ccc(N4CCOCC4)cc3)cc2C)cc1. The normalized spacial score (nSPS) is 14.7. The molecule has 1 saturated heterocycles. The first-order chi connectivity index (χ1) is 14.7. The molecule has 4 rings (SSSR count). The van der Waals surface area contributed by atoms with Crippen molar-refractivity contribution >= 4 is 28.4 Å². The van der Waals surface area contributed by atoms with Crippen LogP contribution in [0.4, 0.5) is 28.4 Å². The van der Waals surface area contributed by atoms with Crippen LogP contribution in [0.2, 0.25) is 0 Å². The van der Waals surface area contributed by atoms with Crippen molar-refractivity contribution < 1.29 is 4.74 Å². The largest absolute Gasteiger partial charge is 0.378 e. The van der Waals surface area contributed by atoms with E-state index in [9.17, 15) is 0 Å². The van der Waals surface area contributed by atoms with Crippen LogP contribution in [0, 0.1) is 13.8 Å². The average molecular weight is 399 g/mol. The zero-order valence-electron chi connectivity index (χ0n) is 17.3. The maximum Gasteiger partial charge on any atom is 0.0887 e. The molecule has 0 radical (unpaired) electrons. The van der Waals surface area contributed by atoms with E-state index in [1.807, 2.05) is 61.5 Å². The Morgan fingerprint density at radius 1 is 0.667 bits per heavy atom. The van der Waals surface area contributed by atoms with Crippen LogP contribution in [0.25, 0.3) is 0 Å². The van der Waals surface area contributed by atoms with Crippen molar-refractivity contribution in [2.24, 2.45) is 20.5 Å². The second kappa shape index (κ2) is 9.41. The molecule has 0 spiro atoms. The summed E-state index contributed by atoms with van der Waals surface area (Å²) in [7, 11) is 0. The van der Waals surface area contributed by atoms with E-state index in [1.165, 1.54) is 11.3 Å². The fourth-order valence-corrected chi connectivity index (χ4v) is 3.20. The molecule has 6 nitrogen and oxygen atoms in total. The average Bonchev–Trinajstić information content (AvgIpc) is 2.79. The highest BCUT2D eigenvalue weighted by molar-refractivity contribution is 5.55. The molecule has 0 N–H and O–H groups in total. The number of hydrogen-bond acceptors (Lipinski definition) is 6. The Balaban J connectivity index is 1.41. The fourth-order valence-electron chi connectivity index (χ4n) is 3.20. The van der Waals surface area contributed by atoms with Crippen LogP contribution in [0.1, 0.15) is 11.1 Å². The highest BCUT2D eigenvalue weighted by atomic mass is 16.5. The molecule has 1 aliphatic rings. The van der Waals surface area contributed by atoms with Crippen molar-refractivity contribution in [3.8, 4) is 0 Å². The Bertz CT molecular complexity index is 1040. The van der Waals surface area contributed by atoms with E-state index in [4.69, 9.17) is 4.74 Å². The second-order valence-electron chi connectivity index (χ2n) is 7.32. The number of anilines is 1. The zero-order valence-corrected chi connectivity index (χ0v) is 17.3. The molecule has 0 saturated carbocycles. The van der Waals surface area contributed by atoms with Crippen molar-refractivity contribution in [3.05, 3.63) is 77.9 Å². The molecule has 152 valence electrons. The first-order valence-electron chi connectivity index (χ1n) is 10.1. The summed E-state index contributed by atoms with van der Waals surface area (Å²) < 4.78 is 5.40. The molecule has 1 fully saturated rings. The molecule has 1 aliphatic heterocycles. The molecular formula is C24H25N5O. The summed E-state index contributed by atoms with van der Waals surface area (Å²) in [6, 6.07) is 21.9. The molecule has 0 aliphatic carbocycles. The molecule has 3 aromatic carbocycles. The Hall–Kier alpha value is -3.38. The quantitative estimate of drug-likeness (QED) is 0.435. The van der Waals surface area contributed by atoms with E-state index in [0.29, 0.717) is 0 Å². The third-order valence-corrected chi connectivity index (χ3v) is 4.99. The predicted octanol–water partition coefficient (Wildman–Crippen LogP) is 6.97. The van der Waals surface area contributed by atoms with Crippen LogP contribution >= 0.6 is 0 Å². The van der Waals surface area contributed by atoms with Gasteiger partial charge in [0.05, 0.1) is 36.0 Å². The maximum absolute atomic E-state index is 5.40. The van der Waals surface area contributed by atoms with Crippen molar-refractivity contribution in [2.45, 2.75) is 13.8 Å². The summed E-state index contributed by atoms with van der Waals surface area (Å²) in [6.45, 7) is 7.46. The lowest BCUT2D eigenvalue weighted by molar-refractivity contribution is 0.122. The number of ether oxygens (including phenoxy) is 1. The van der Waals surface area contributed by atoms with Crippen LogP contribution in [-0.2, 0) is 4.74 Å². The predicted molar refractivity (Wildman–Crippen MR) is 120 cm³/mol. The molecule has 3 aromatic rings. The fraction of sp³-hybridized carbons (Fsp3) is 0.250. The van der Waals surface area contributed by atoms with Gasteiger partial charge in [-0.05, 0) is 74.0 Å². The molecule has 0 unspecified atom stereocenters. The Morgan fingerprint density at radius 2 is 1.23 bits per heavy atom. The molecule has 0 bridgehead atoms. The Labute approximate surface area is 176 Å². The van der Waals surface area contributed by atoms with E-state index < -0.39 is 0 Å². The summed E-state index contributed by atoms with van der Waals surface area (Å²) >= 11 is 0. The smallest absolute Gasteiger partial charge is 0.0887 e. The highest BCUT2D eigenvalue weighted by Crippen LogP contribution is 2.28. The van der Waals surface area contributed by atoms with Gasteiger partial charge in [-0.2, -0.15) is 20.5 Å². The van der Waals surface area contributed by atoms with Crippen molar-refractivity contribution in [1.29, 1.82) is 0 Å². The van der Waals surface area contributed by atoms with Crippen molar-refractivity contribution in [2.75, 3.05) is 31.2 Å². The zero-order chi connectivity index (χ0) is 20.8. The number of azo groups is 2. The second-order valence-corrected chi connectivity index (χ2v) is 7.32. The monoisotopic (exact) mass is 399 g/mol. The van der Waals surface area contributed by atoms with Crippen LogP contribution in [-0.4, -0.2) is 26.3 Å². The standard InChI is InChI=1S/C24H25N5O/c1-18-3-5-20(6-4-18)26-28-24-12-9-22(17-19(24)2)27-25-21-7-10-23(11-8-21)29-13-15-30-16-14-29/h3-12,17H,13-16H2,1-2H3. The first kappa shape index (κ1) is 19.9. The number of morpholine rings is 1. The minimum Gasteiger partial charge on any atom is -0.378 e. The number of rotatable bonds is 5. The molecule has 6 heteroatoms. The Morgan fingerprint density at radius 3 is 1.90 bits per heavy atom. The number of aryl methyl sites for hydroxylation is 2. The van der Waals surface area contributed by atoms with Crippen LogP contribution in [0.3, 0.4) is 0 Å². The van der Waals surface area contributed by atoms with Gasteiger partial charge in [-0.1, -0.05) is 17.7 Å². The first-order valence-corrected chi connectivity index (χ1v) is 10.1. The van der Waals surface area contributed by atoms with Gasteiger partial charge in [0.1, 0.15) is 0 Å². The summed E-state index contributed by atoms with van der Waals surface area (Å²) in [4.78, 5) is 2.32. The molecule has 0 atom stereocenters. The molecular weight excluding hydrogens is 374 g/mol. The van der Waals surface area contributed by atoms with Crippen LogP contribution < -0.4 is 4.90 Å². The van der Waals surface area contributed by atoms with Gasteiger partial charge in [-0.15, -0.1) is 0 Å². The highest BCUT2D eigenvalue weighted by Gasteiger charge is 2.10. The van der Waals surface area contributed by atoms with E-state index in [1.54, 1.807) is 0 Å². The minimum absolute atomic E-state index is 0.779. The topological polar surface area (TPSA) is 61.9 Å². The van der Waals surface area contributed by atoms with Gasteiger partial charge in [0.2, 0.25) is 0 Å². The van der Waals surface area contributed by atoms with Gasteiger partial charge in [-0.3, -0.25) is 0 Å². The summed E-state index contributed by atoms with van der Waals surface area (Å²) in [6.07, 6.45) is 0. The van der Waals surface area contributed by atoms with E-state index in [-0.39, 0.29) is 0 Å². The summed E-state index contributed by atoms with van der Waals surface area (Å²) in [5.41, 5.74) is 6.68. The van der Waals surface area contributed by atoms with E-state index in [0.717, 1.165) is 54.6 Å². The van der Waals surface area contributed by atoms with Gasteiger partial charge in [0.15, 0.2) is 0 Å². The summed E-state index contributed by atoms with van der Waals surface area (Å²) in [5.74, 6) is 0. The lowest BCUT2D eigenvalue weighted by Crippen LogP contribution is -2.36. The van der Waals surface area contributed by atoms with Gasteiger partial charge in [-0.25, -0.2) is 0 Å². The van der Waals surface area contributed by atoms with Gasteiger partial charge in [0, 0.05) is 18.8 Å². The number of nitrogens with zero attached hydrogens (tertiary/aromatic N) is 5. The lowest BCUT2D eigenvalue weighted by Gasteiger charge is -2.28. The van der Waals surface area contributed by atoms with Gasteiger partial charge in [0.25, 0.3) is 0 Å². The van der Waals surface area contributed by atoms with Crippen LogP contribution in [0.15, 0.2) is 87.2 Å². The lowest BCUT2D eigenvalue weighted by atomic mass is 10.2. The third-order valence-electron chi connectivity index (χ3n) is 4.99.